The zero-order valence-electron chi connectivity index (χ0n) is 13.5. The number of anilines is 1. The normalized spacial score (nSPS) is 17.7. The van der Waals surface area contributed by atoms with Crippen LogP contribution in [-0.4, -0.2) is 39.4 Å². The summed E-state index contributed by atoms with van der Waals surface area (Å²) in [6.07, 6.45) is 3.05. The Morgan fingerprint density at radius 2 is 2.04 bits per heavy atom. The monoisotopic (exact) mass is 340 g/mol. The zero-order valence-corrected chi connectivity index (χ0v) is 13.5. The Kier molecular flexibility index (Phi) is 4.15. The molecule has 0 aliphatic carbocycles. The first-order chi connectivity index (χ1) is 12.2. The average Bonchev–Trinajstić information content (AvgIpc) is 3.12. The van der Waals surface area contributed by atoms with Gasteiger partial charge in [0.2, 0.25) is 5.82 Å². The number of aromatic nitrogens is 3. The van der Waals surface area contributed by atoms with E-state index in [1.165, 1.54) is 12.1 Å². The molecule has 0 amide bonds. The van der Waals surface area contributed by atoms with Gasteiger partial charge in [0.1, 0.15) is 11.6 Å². The van der Waals surface area contributed by atoms with E-state index in [9.17, 15) is 9.50 Å². The minimum Gasteiger partial charge on any atom is -0.391 e. The van der Waals surface area contributed by atoms with Crippen molar-refractivity contribution in [3.63, 3.8) is 0 Å². The van der Waals surface area contributed by atoms with Crippen molar-refractivity contribution in [3.8, 4) is 22.8 Å². The topological polar surface area (TPSA) is 75.3 Å². The molecule has 1 aromatic carbocycles. The van der Waals surface area contributed by atoms with Crippen LogP contribution in [0.1, 0.15) is 12.8 Å². The summed E-state index contributed by atoms with van der Waals surface area (Å²) in [5.41, 5.74) is 1.40. The van der Waals surface area contributed by atoms with E-state index in [-0.39, 0.29) is 11.9 Å². The molecule has 25 heavy (non-hydrogen) atoms. The Balaban J connectivity index is 1.67. The number of piperidine rings is 1. The lowest BCUT2D eigenvalue weighted by Gasteiger charge is -2.31. The van der Waals surface area contributed by atoms with Crippen molar-refractivity contribution >= 4 is 5.82 Å². The third kappa shape index (κ3) is 3.23. The number of aliphatic hydroxyl groups excluding tert-OH is 1. The van der Waals surface area contributed by atoms with Gasteiger partial charge in [-0.2, -0.15) is 4.98 Å². The van der Waals surface area contributed by atoms with Crippen LogP contribution in [0.4, 0.5) is 10.2 Å². The average molecular weight is 340 g/mol. The van der Waals surface area contributed by atoms with Gasteiger partial charge in [-0.15, -0.1) is 0 Å². The number of aliphatic hydroxyl groups is 1. The summed E-state index contributed by atoms with van der Waals surface area (Å²) in [5, 5.41) is 13.9. The maximum Gasteiger partial charge on any atom is 0.261 e. The maximum atomic E-state index is 13.1. The molecule has 6 nitrogen and oxygen atoms in total. The van der Waals surface area contributed by atoms with Gasteiger partial charge >= 0.3 is 0 Å². The van der Waals surface area contributed by atoms with Gasteiger partial charge in [0.15, 0.2) is 0 Å². The summed E-state index contributed by atoms with van der Waals surface area (Å²) >= 11 is 0. The molecule has 1 aliphatic rings. The first-order valence-electron chi connectivity index (χ1n) is 8.19. The molecule has 0 spiro atoms. The highest BCUT2D eigenvalue weighted by molar-refractivity contribution is 5.71. The molecule has 1 fully saturated rings. The SMILES string of the molecule is OC1CCCN(c2ncccc2-c2nc(-c3ccc(F)cc3)no2)C1. The summed E-state index contributed by atoms with van der Waals surface area (Å²) in [7, 11) is 0. The van der Waals surface area contributed by atoms with Gasteiger partial charge in [-0.25, -0.2) is 9.37 Å². The van der Waals surface area contributed by atoms with Gasteiger partial charge < -0.3 is 14.5 Å². The molecule has 0 saturated carbocycles. The fourth-order valence-electron chi connectivity index (χ4n) is 3.01. The first kappa shape index (κ1) is 15.7. The number of benzene rings is 1. The number of nitrogens with zero attached hydrogens (tertiary/aromatic N) is 4. The van der Waals surface area contributed by atoms with Crippen LogP contribution >= 0.6 is 0 Å². The van der Waals surface area contributed by atoms with E-state index in [0.717, 1.165) is 30.8 Å². The van der Waals surface area contributed by atoms with Crippen LogP contribution in [0.15, 0.2) is 47.1 Å². The maximum absolute atomic E-state index is 13.1. The van der Waals surface area contributed by atoms with Crippen LogP contribution in [-0.2, 0) is 0 Å². The van der Waals surface area contributed by atoms with E-state index in [4.69, 9.17) is 4.52 Å². The van der Waals surface area contributed by atoms with Gasteiger partial charge in [0.25, 0.3) is 5.89 Å². The molecule has 2 aromatic heterocycles. The Labute approximate surface area is 143 Å². The van der Waals surface area contributed by atoms with Gasteiger partial charge in [0, 0.05) is 24.8 Å². The van der Waals surface area contributed by atoms with Crippen LogP contribution in [0.5, 0.6) is 0 Å². The van der Waals surface area contributed by atoms with Crippen molar-refractivity contribution in [2.45, 2.75) is 18.9 Å². The minimum absolute atomic E-state index is 0.314. The number of hydrogen-bond donors (Lipinski definition) is 1. The lowest BCUT2D eigenvalue weighted by molar-refractivity contribution is 0.154. The second-order valence-corrected chi connectivity index (χ2v) is 6.05. The lowest BCUT2D eigenvalue weighted by atomic mass is 10.1. The van der Waals surface area contributed by atoms with Crippen LogP contribution in [0.2, 0.25) is 0 Å². The van der Waals surface area contributed by atoms with Gasteiger partial charge in [0.05, 0.1) is 11.7 Å². The fraction of sp³-hybridized carbons (Fsp3) is 0.278. The first-order valence-corrected chi connectivity index (χ1v) is 8.19. The third-order valence-electron chi connectivity index (χ3n) is 4.24. The summed E-state index contributed by atoms with van der Waals surface area (Å²) < 4.78 is 18.5. The highest BCUT2D eigenvalue weighted by Crippen LogP contribution is 2.30. The highest BCUT2D eigenvalue weighted by Gasteiger charge is 2.23. The number of rotatable bonds is 3. The van der Waals surface area contributed by atoms with Crippen LogP contribution in [0.25, 0.3) is 22.8 Å². The zero-order chi connectivity index (χ0) is 17.2. The quantitative estimate of drug-likeness (QED) is 0.790. The summed E-state index contributed by atoms with van der Waals surface area (Å²) in [6, 6.07) is 9.60. The lowest BCUT2D eigenvalue weighted by Crippen LogP contribution is -2.39. The molecule has 1 unspecified atom stereocenters. The summed E-state index contributed by atoms with van der Waals surface area (Å²) in [5.74, 6) is 1.15. The number of β-amino-alcohol motifs (C(OH)–C–C–N with tert-alkyl or cyclic N) is 1. The molecule has 4 rings (SSSR count). The third-order valence-corrected chi connectivity index (χ3v) is 4.24. The molecule has 3 aromatic rings. The molecular formula is C18H17FN4O2. The van der Waals surface area contributed by atoms with Crippen LogP contribution in [0, 0.1) is 5.82 Å². The predicted molar refractivity (Wildman–Crippen MR) is 90.4 cm³/mol. The summed E-state index contributed by atoms with van der Waals surface area (Å²) in [4.78, 5) is 10.9. The van der Waals surface area contributed by atoms with Crippen molar-refractivity contribution < 1.29 is 14.0 Å². The van der Waals surface area contributed by atoms with Crippen molar-refractivity contribution in [1.82, 2.24) is 15.1 Å². The van der Waals surface area contributed by atoms with E-state index in [2.05, 4.69) is 15.1 Å². The smallest absolute Gasteiger partial charge is 0.261 e. The molecular weight excluding hydrogens is 323 g/mol. The molecule has 128 valence electrons. The molecule has 1 atom stereocenters. The van der Waals surface area contributed by atoms with Gasteiger partial charge in [-0.3, -0.25) is 0 Å². The molecule has 1 N–H and O–H groups in total. The predicted octanol–water partition coefficient (Wildman–Crippen LogP) is 2.90. The number of pyridine rings is 1. The largest absolute Gasteiger partial charge is 0.391 e. The summed E-state index contributed by atoms with van der Waals surface area (Å²) in [6.45, 7) is 1.35. The molecule has 3 heterocycles. The van der Waals surface area contributed by atoms with E-state index >= 15 is 0 Å². The Hall–Kier alpha value is -2.80. The highest BCUT2D eigenvalue weighted by atomic mass is 19.1. The van der Waals surface area contributed by atoms with Crippen LogP contribution in [0.3, 0.4) is 0 Å². The molecule has 0 radical (unpaired) electrons. The van der Waals surface area contributed by atoms with E-state index in [1.54, 1.807) is 24.4 Å². The van der Waals surface area contributed by atoms with Gasteiger partial charge in [-0.05, 0) is 49.2 Å². The Morgan fingerprint density at radius 3 is 2.84 bits per heavy atom. The van der Waals surface area contributed by atoms with Crippen molar-refractivity contribution in [3.05, 3.63) is 48.4 Å². The Bertz CT molecular complexity index is 866. The van der Waals surface area contributed by atoms with E-state index in [1.807, 2.05) is 11.0 Å². The Morgan fingerprint density at radius 1 is 1.20 bits per heavy atom. The fourth-order valence-corrected chi connectivity index (χ4v) is 3.01. The number of halogens is 1. The van der Waals surface area contributed by atoms with Gasteiger partial charge in [-0.1, -0.05) is 5.16 Å². The van der Waals surface area contributed by atoms with Crippen LogP contribution < -0.4 is 4.90 Å². The molecule has 0 bridgehead atoms. The standard InChI is InChI=1S/C18H17FN4O2/c19-13-7-5-12(6-8-13)16-21-18(25-22-16)15-4-1-9-20-17(15)23-10-2-3-14(24)11-23/h1,4-9,14,24H,2-3,10-11H2. The molecule has 1 aliphatic heterocycles. The molecule has 1 saturated heterocycles. The minimum atomic E-state index is -0.360. The molecule has 7 heteroatoms. The second-order valence-electron chi connectivity index (χ2n) is 6.05. The number of hydrogen-bond acceptors (Lipinski definition) is 6. The van der Waals surface area contributed by atoms with Crippen molar-refractivity contribution in [1.29, 1.82) is 0 Å². The van der Waals surface area contributed by atoms with Crippen molar-refractivity contribution in [2.75, 3.05) is 18.0 Å². The van der Waals surface area contributed by atoms with Crippen molar-refractivity contribution in [2.24, 2.45) is 0 Å². The van der Waals surface area contributed by atoms with E-state index in [0.29, 0.717) is 23.8 Å². The van der Waals surface area contributed by atoms with E-state index < -0.39 is 0 Å². The second kappa shape index (κ2) is 6.60.